The van der Waals surface area contributed by atoms with Crippen molar-refractivity contribution in [2.75, 3.05) is 24.7 Å². The van der Waals surface area contributed by atoms with Crippen LogP contribution in [0.3, 0.4) is 0 Å². The summed E-state index contributed by atoms with van der Waals surface area (Å²) in [6, 6.07) is 16.4. The monoisotopic (exact) mass is 538 g/mol. The van der Waals surface area contributed by atoms with Gasteiger partial charge in [0.25, 0.3) is 0 Å². The fourth-order valence-corrected chi connectivity index (χ4v) is 5.22. The molecule has 3 N–H and O–H groups in total. The maximum absolute atomic E-state index is 14.0. The molecule has 0 fully saturated rings. The molecule has 0 aliphatic heterocycles. The van der Waals surface area contributed by atoms with Gasteiger partial charge in [0, 0.05) is 59.7 Å². The molecule has 0 aliphatic rings. The van der Waals surface area contributed by atoms with E-state index >= 15 is 0 Å². The van der Waals surface area contributed by atoms with E-state index in [-0.39, 0.29) is 17.3 Å². The second kappa shape index (κ2) is 10.2. The van der Waals surface area contributed by atoms with E-state index in [1.54, 1.807) is 10.8 Å². The summed E-state index contributed by atoms with van der Waals surface area (Å²) < 4.78 is 46.3. The van der Waals surface area contributed by atoms with Crippen LogP contribution in [0.15, 0.2) is 71.8 Å². The van der Waals surface area contributed by atoms with Gasteiger partial charge in [0.05, 0.1) is 9.92 Å². The van der Waals surface area contributed by atoms with Crippen molar-refractivity contribution in [1.82, 2.24) is 9.29 Å². The van der Waals surface area contributed by atoms with Crippen molar-refractivity contribution in [2.45, 2.75) is 23.7 Å². The molecule has 0 amide bonds. The Hall–Kier alpha value is -2.52. The van der Waals surface area contributed by atoms with Gasteiger partial charge in [0.15, 0.2) is 0 Å². The predicted molar refractivity (Wildman–Crippen MR) is 141 cm³/mol. The van der Waals surface area contributed by atoms with Gasteiger partial charge in [0.2, 0.25) is 0 Å². The van der Waals surface area contributed by atoms with Crippen molar-refractivity contribution in [3.63, 3.8) is 0 Å². The lowest BCUT2D eigenvalue weighted by atomic mass is 10.0. The minimum atomic E-state index is -4.51. The van der Waals surface area contributed by atoms with Gasteiger partial charge in [-0.3, -0.25) is 0 Å². The highest BCUT2D eigenvalue weighted by molar-refractivity contribution is 7.97. The van der Waals surface area contributed by atoms with E-state index in [1.165, 1.54) is 12.1 Å². The predicted octanol–water partition coefficient (Wildman–Crippen LogP) is 7.49. The molecule has 0 spiro atoms. The molecule has 0 aliphatic carbocycles. The zero-order valence-corrected chi connectivity index (χ0v) is 21.2. The summed E-state index contributed by atoms with van der Waals surface area (Å²) in [5.74, 6) is 0. The first-order chi connectivity index (χ1) is 16.5. The van der Waals surface area contributed by atoms with Crippen molar-refractivity contribution in [2.24, 2.45) is 0 Å². The lowest BCUT2D eigenvalue weighted by Crippen LogP contribution is -2.42. The molecule has 1 unspecified atom stereocenters. The summed E-state index contributed by atoms with van der Waals surface area (Å²) >= 11 is 12.8. The number of halogens is 5. The Kier molecular flexibility index (Phi) is 7.47. The molecule has 0 radical (unpaired) electrons. The van der Waals surface area contributed by atoms with Crippen LogP contribution >= 0.6 is 35.1 Å². The van der Waals surface area contributed by atoms with Crippen LogP contribution in [0.5, 0.6) is 0 Å². The SMILES string of the molecule is CN(C)c1ccc(-c2cn(CC(NSc3c(N)cc(Cl)cc3Cl)C(F)(F)F)c3ccccc23)cc1. The Morgan fingerprint density at radius 1 is 1.06 bits per heavy atom. The van der Waals surface area contributed by atoms with Crippen LogP contribution in [0.1, 0.15) is 0 Å². The van der Waals surface area contributed by atoms with Gasteiger partial charge in [-0.05, 0) is 47.8 Å². The molecular weight excluding hydrogens is 516 g/mol. The molecule has 0 saturated carbocycles. The first-order valence-corrected chi connectivity index (χ1v) is 12.2. The van der Waals surface area contributed by atoms with Crippen LogP contribution in [0.25, 0.3) is 22.0 Å². The van der Waals surface area contributed by atoms with Crippen molar-refractivity contribution < 1.29 is 13.2 Å². The van der Waals surface area contributed by atoms with Gasteiger partial charge in [-0.25, -0.2) is 4.72 Å². The number of fused-ring (bicyclic) bond motifs is 1. The first kappa shape index (κ1) is 25.6. The summed E-state index contributed by atoms with van der Waals surface area (Å²) in [5, 5.41) is 1.38. The quantitative estimate of drug-likeness (QED) is 0.189. The van der Waals surface area contributed by atoms with Gasteiger partial charge in [-0.2, -0.15) is 13.2 Å². The lowest BCUT2D eigenvalue weighted by Gasteiger charge is -2.23. The number of nitrogens with two attached hydrogens (primary N) is 1. The second-order valence-electron chi connectivity index (χ2n) is 8.27. The minimum absolute atomic E-state index is 0.184. The number of hydrogen-bond donors (Lipinski definition) is 2. The van der Waals surface area contributed by atoms with Crippen LogP contribution < -0.4 is 15.4 Å². The van der Waals surface area contributed by atoms with Gasteiger partial charge < -0.3 is 15.2 Å². The number of rotatable bonds is 7. The summed E-state index contributed by atoms with van der Waals surface area (Å²) in [6.45, 7) is -0.335. The van der Waals surface area contributed by atoms with Gasteiger partial charge in [0.1, 0.15) is 6.04 Å². The van der Waals surface area contributed by atoms with E-state index in [9.17, 15) is 13.2 Å². The zero-order valence-electron chi connectivity index (χ0n) is 18.9. The maximum atomic E-state index is 14.0. The Morgan fingerprint density at radius 2 is 1.74 bits per heavy atom. The molecule has 4 rings (SSSR count). The van der Waals surface area contributed by atoms with Gasteiger partial charge >= 0.3 is 6.18 Å². The van der Waals surface area contributed by atoms with E-state index < -0.39 is 12.2 Å². The summed E-state index contributed by atoms with van der Waals surface area (Å²) in [7, 11) is 3.90. The van der Waals surface area contributed by atoms with Crippen LogP contribution in [-0.4, -0.2) is 30.9 Å². The van der Waals surface area contributed by atoms with Crippen molar-refractivity contribution >= 4 is 57.4 Å². The molecule has 1 aromatic heterocycles. The Morgan fingerprint density at radius 3 is 2.37 bits per heavy atom. The Labute approximate surface area is 215 Å². The number of hydrogen-bond acceptors (Lipinski definition) is 4. The molecule has 184 valence electrons. The first-order valence-electron chi connectivity index (χ1n) is 10.6. The fourth-order valence-electron chi connectivity index (χ4n) is 3.79. The highest BCUT2D eigenvalue weighted by atomic mass is 35.5. The third kappa shape index (κ3) is 5.67. The molecule has 35 heavy (non-hydrogen) atoms. The number of benzene rings is 3. The van der Waals surface area contributed by atoms with Crippen LogP contribution in [0.4, 0.5) is 24.5 Å². The Bertz CT molecular complexity index is 1310. The van der Waals surface area contributed by atoms with E-state index in [1.807, 2.05) is 67.5 Å². The molecule has 0 saturated heterocycles. The summed E-state index contributed by atoms with van der Waals surface area (Å²) in [5.41, 5.74) is 9.67. The summed E-state index contributed by atoms with van der Waals surface area (Å²) in [6.07, 6.45) is -2.75. The van der Waals surface area contributed by atoms with Crippen LogP contribution in [0, 0.1) is 0 Å². The minimum Gasteiger partial charge on any atom is -0.398 e. The average molecular weight is 539 g/mol. The number of aromatic nitrogens is 1. The van der Waals surface area contributed by atoms with E-state index in [0.717, 1.165) is 34.1 Å². The van der Waals surface area contributed by atoms with Crippen molar-refractivity contribution in [3.05, 3.63) is 76.9 Å². The van der Waals surface area contributed by atoms with Crippen LogP contribution in [0.2, 0.25) is 10.0 Å². The molecule has 10 heteroatoms. The largest absolute Gasteiger partial charge is 0.406 e. The number of para-hydroxylation sites is 1. The number of alkyl halides is 3. The molecule has 4 aromatic rings. The van der Waals surface area contributed by atoms with Crippen molar-refractivity contribution in [3.8, 4) is 11.1 Å². The normalized spacial score (nSPS) is 12.8. The van der Waals surface area contributed by atoms with Crippen LogP contribution in [-0.2, 0) is 6.54 Å². The van der Waals surface area contributed by atoms with Crippen molar-refractivity contribution in [1.29, 1.82) is 0 Å². The number of nitrogens with one attached hydrogen (secondary N) is 1. The number of nitrogen functional groups attached to an aromatic ring is 1. The second-order valence-corrected chi connectivity index (χ2v) is 9.97. The highest BCUT2D eigenvalue weighted by Gasteiger charge is 2.40. The average Bonchev–Trinajstić information content (AvgIpc) is 3.15. The maximum Gasteiger partial charge on any atom is 0.406 e. The number of anilines is 2. The van der Waals surface area contributed by atoms with E-state index in [0.29, 0.717) is 15.4 Å². The summed E-state index contributed by atoms with van der Waals surface area (Å²) in [4.78, 5) is 2.29. The molecule has 4 nitrogen and oxygen atoms in total. The smallest absolute Gasteiger partial charge is 0.398 e. The molecule has 0 bridgehead atoms. The molecule has 1 atom stereocenters. The van der Waals surface area contributed by atoms with Gasteiger partial charge in [-0.15, -0.1) is 0 Å². The van der Waals surface area contributed by atoms with E-state index in [2.05, 4.69) is 4.72 Å². The topological polar surface area (TPSA) is 46.2 Å². The lowest BCUT2D eigenvalue weighted by molar-refractivity contribution is -0.153. The molecule has 1 heterocycles. The third-order valence-electron chi connectivity index (χ3n) is 5.60. The van der Waals surface area contributed by atoms with E-state index in [4.69, 9.17) is 28.9 Å². The standard InChI is InChI=1S/C25H23Cl2F3N4S/c1-33(2)17-9-7-15(8-10-17)19-13-34(22-6-4-3-5-18(19)22)14-23(25(28,29)30)32-35-24-20(27)11-16(26)12-21(24)31/h3-13,23,32H,14,31H2,1-2H3. The highest BCUT2D eigenvalue weighted by Crippen LogP contribution is 2.37. The fraction of sp³-hybridized carbons (Fsp3) is 0.200. The zero-order chi connectivity index (χ0) is 25.3. The van der Waals surface area contributed by atoms with Gasteiger partial charge in [-0.1, -0.05) is 53.5 Å². The molecule has 3 aromatic carbocycles. The number of nitrogens with zero attached hydrogens (tertiary/aromatic N) is 2. The molecular formula is C25H23Cl2F3N4S. The third-order valence-corrected chi connectivity index (χ3v) is 7.29. The Balaban J connectivity index is 1.66.